The normalized spacial score (nSPS) is 19.4. The number of hydrogen-bond acceptors (Lipinski definition) is 3. The maximum atomic E-state index is 11.8. The highest BCUT2D eigenvalue weighted by atomic mass is 32.2. The van der Waals surface area contributed by atoms with E-state index in [1.807, 2.05) is 0 Å². The molecule has 1 saturated carbocycles. The van der Waals surface area contributed by atoms with Crippen molar-refractivity contribution in [2.24, 2.45) is 5.92 Å². The maximum Gasteiger partial charge on any atom is 0.220 e. The standard InChI is InChI=1S/C13H25NO3S/c1-3-18(16,17)10-11(2)14-13(15)9-12-7-5-4-6-8-12/h11-12H,3-10H2,1-2H3,(H,14,15). The van der Waals surface area contributed by atoms with E-state index in [4.69, 9.17) is 0 Å². The van der Waals surface area contributed by atoms with Gasteiger partial charge >= 0.3 is 0 Å². The summed E-state index contributed by atoms with van der Waals surface area (Å²) >= 11 is 0. The van der Waals surface area contributed by atoms with E-state index in [-0.39, 0.29) is 23.5 Å². The van der Waals surface area contributed by atoms with E-state index in [1.165, 1.54) is 19.3 Å². The zero-order valence-electron chi connectivity index (χ0n) is 11.4. The molecule has 0 radical (unpaired) electrons. The summed E-state index contributed by atoms with van der Waals surface area (Å²) in [5.74, 6) is 0.671. The van der Waals surface area contributed by atoms with Gasteiger partial charge in [-0.25, -0.2) is 8.42 Å². The Morgan fingerprint density at radius 2 is 1.89 bits per heavy atom. The van der Waals surface area contributed by atoms with Crippen LogP contribution < -0.4 is 5.32 Å². The fraction of sp³-hybridized carbons (Fsp3) is 0.923. The third kappa shape index (κ3) is 5.85. The van der Waals surface area contributed by atoms with Gasteiger partial charge < -0.3 is 5.32 Å². The Kier molecular flexibility index (Phi) is 6.12. The molecule has 0 aromatic heterocycles. The number of nitrogens with one attached hydrogen (secondary N) is 1. The predicted molar refractivity (Wildman–Crippen MR) is 73.1 cm³/mol. The molecule has 0 spiro atoms. The van der Waals surface area contributed by atoms with Crippen LogP contribution in [-0.2, 0) is 14.6 Å². The van der Waals surface area contributed by atoms with Crippen molar-refractivity contribution in [1.82, 2.24) is 5.32 Å². The number of hydrogen-bond donors (Lipinski definition) is 1. The lowest BCUT2D eigenvalue weighted by molar-refractivity contribution is -0.122. The fourth-order valence-electron chi connectivity index (χ4n) is 2.53. The summed E-state index contributed by atoms with van der Waals surface area (Å²) in [5, 5.41) is 2.80. The van der Waals surface area contributed by atoms with Crippen LogP contribution in [0.2, 0.25) is 0 Å². The number of carbonyl (C=O) groups is 1. The summed E-state index contributed by atoms with van der Waals surface area (Å²) in [6.07, 6.45) is 6.54. The Balaban J connectivity index is 2.30. The summed E-state index contributed by atoms with van der Waals surface area (Å²) < 4.78 is 22.9. The van der Waals surface area contributed by atoms with Crippen molar-refractivity contribution in [3.63, 3.8) is 0 Å². The van der Waals surface area contributed by atoms with Crippen LogP contribution in [-0.4, -0.2) is 31.9 Å². The van der Waals surface area contributed by atoms with Crippen LogP contribution in [0.15, 0.2) is 0 Å². The van der Waals surface area contributed by atoms with Gasteiger partial charge in [-0.1, -0.05) is 26.2 Å². The molecule has 106 valence electrons. The van der Waals surface area contributed by atoms with E-state index in [9.17, 15) is 13.2 Å². The molecule has 18 heavy (non-hydrogen) atoms. The summed E-state index contributed by atoms with van der Waals surface area (Å²) in [7, 11) is -3.01. The molecule has 4 nitrogen and oxygen atoms in total. The molecule has 1 atom stereocenters. The highest BCUT2D eigenvalue weighted by Crippen LogP contribution is 2.26. The first-order valence-electron chi connectivity index (χ1n) is 6.92. The van der Waals surface area contributed by atoms with Gasteiger partial charge in [0.15, 0.2) is 9.84 Å². The third-order valence-corrected chi connectivity index (χ3v) is 5.44. The second-order valence-electron chi connectivity index (χ2n) is 5.38. The molecule has 1 amide bonds. The molecule has 1 unspecified atom stereocenters. The van der Waals surface area contributed by atoms with Crippen LogP contribution in [0.25, 0.3) is 0 Å². The average molecular weight is 275 g/mol. The van der Waals surface area contributed by atoms with Gasteiger partial charge in [0, 0.05) is 18.2 Å². The average Bonchev–Trinajstić information content (AvgIpc) is 2.29. The van der Waals surface area contributed by atoms with Crippen LogP contribution in [0.3, 0.4) is 0 Å². The molecule has 1 N–H and O–H groups in total. The van der Waals surface area contributed by atoms with Crippen LogP contribution >= 0.6 is 0 Å². The molecule has 1 aliphatic rings. The Bertz CT molecular complexity index is 358. The molecule has 0 aliphatic heterocycles. The Morgan fingerprint density at radius 3 is 2.44 bits per heavy atom. The van der Waals surface area contributed by atoms with Crippen molar-refractivity contribution in [3.8, 4) is 0 Å². The number of rotatable bonds is 6. The largest absolute Gasteiger partial charge is 0.353 e. The molecular weight excluding hydrogens is 250 g/mol. The monoisotopic (exact) mass is 275 g/mol. The molecule has 0 heterocycles. The SMILES string of the molecule is CCS(=O)(=O)CC(C)NC(=O)CC1CCCCC1. The van der Waals surface area contributed by atoms with Crippen LogP contribution in [0.1, 0.15) is 52.4 Å². The molecule has 0 bridgehead atoms. The highest BCUT2D eigenvalue weighted by Gasteiger charge is 2.19. The molecule has 5 heteroatoms. The minimum absolute atomic E-state index is 0.000651. The number of carbonyl (C=O) groups excluding carboxylic acids is 1. The van der Waals surface area contributed by atoms with E-state index < -0.39 is 9.84 Å². The Morgan fingerprint density at radius 1 is 1.28 bits per heavy atom. The number of sulfone groups is 1. The molecular formula is C13H25NO3S. The maximum absolute atomic E-state index is 11.8. The topological polar surface area (TPSA) is 63.2 Å². The van der Waals surface area contributed by atoms with E-state index >= 15 is 0 Å². The van der Waals surface area contributed by atoms with E-state index in [2.05, 4.69) is 5.32 Å². The number of amides is 1. The van der Waals surface area contributed by atoms with Gasteiger partial charge in [-0.2, -0.15) is 0 Å². The lowest BCUT2D eigenvalue weighted by Gasteiger charge is -2.22. The molecule has 1 rings (SSSR count). The first kappa shape index (κ1) is 15.5. The van der Waals surface area contributed by atoms with E-state index in [0.717, 1.165) is 12.8 Å². The van der Waals surface area contributed by atoms with Crippen molar-refractivity contribution in [2.75, 3.05) is 11.5 Å². The molecule has 0 saturated heterocycles. The van der Waals surface area contributed by atoms with Crippen LogP contribution in [0.4, 0.5) is 0 Å². The van der Waals surface area contributed by atoms with Crippen molar-refractivity contribution in [3.05, 3.63) is 0 Å². The zero-order chi connectivity index (χ0) is 13.6. The van der Waals surface area contributed by atoms with Crippen molar-refractivity contribution in [1.29, 1.82) is 0 Å². The summed E-state index contributed by atoms with van der Waals surface area (Å²) in [4.78, 5) is 11.8. The van der Waals surface area contributed by atoms with Crippen molar-refractivity contribution < 1.29 is 13.2 Å². The van der Waals surface area contributed by atoms with Crippen LogP contribution in [0, 0.1) is 5.92 Å². The van der Waals surface area contributed by atoms with Crippen molar-refractivity contribution >= 4 is 15.7 Å². The molecule has 1 fully saturated rings. The predicted octanol–water partition coefficient (Wildman–Crippen LogP) is 1.90. The van der Waals surface area contributed by atoms with Gasteiger partial charge in [-0.3, -0.25) is 4.79 Å². The van der Waals surface area contributed by atoms with Gasteiger partial charge in [0.05, 0.1) is 5.75 Å². The van der Waals surface area contributed by atoms with Crippen LogP contribution in [0.5, 0.6) is 0 Å². The highest BCUT2D eigenvalue weighted by molar-refractivity contribution is 7.91. The second kappa shape index (κ2) is 7.12. The Labute approximate surface area is 110 Å². The lowest BCUT2D eigenvalue weighted by atomic mass is 9.87. The summed E-state index contributed by atoms with van der Waals surface area (Å²) in [6, 6.07) is -0.286. The summed E-state index contributed by atoms with van der Waals surface area (Å²) in [6.45, 7) is 3.39. The minimum Gasteiger partial charge on any atom is -0.353 e. The first-order valence-corrected chi connectivity index (χ1v) is 8.75. The minimum atomic E-state index is -3.01. The van der Waals surface area contributed by atoms with Gasteiger partial charge in [-0.15, -0.1) is 0 Å². The third-order valence-electron chi connectivity index (χ3n) is 3.55. The van der Waals surface area contributed by atoms with Gasteiger partial charge in [0.25, 0.3) is 0 Å². The zero-order valence-corrected chi connectivity index (χ0v) is 12.3. The van der Waals surface area contributed by atoms with E-state index in [0.29, 0.717) is 12.3 Å². The molecule has 1 aliphatic carbocycles. The fourth-order valence-corrected chi connectivity index (χ4v) is 3.61. The molecule has 0 aromatic carbocycles. The second-order valence-corrected chi connectivity index (χ2v) is 7.77. The summed E-state index contributed by atoms with van der Waals surface area (Å²) in [5.41, 5.74) is 0. The smallest absolute Gasteiger partial charge is 0.220 e. The van der Waals surface area contributed by atoms with Crippen molar-refractivity contribution in [2.45, 2.75) is 58.4 Å². The van der Waals surface area contributed by atoms with E-state index in [1.54, 1.807) is 13.8 Å². The van der Waals surface area contributed by atoms with Gasteiger partial charge in [0.2, 0.25) is 5.91 Å². The quantitative estimate of drug-likeness (QED) is 0.805. The molecule has 0 aromatic rings. The Hall–Kier alpha value is -0.580. The lowest BCUT2D eigenvalue weighted by Crippen LogP contribution is -2.38. The van der Waals surface area contributed by atoms with Gasteiger partial charge in [-0.05, 0) is 25.7 Å². The first-order chi connectivity index (χ1) is 8.43. The van der Waals surface area contributed by atoms with Gasteiger partial charge in [0.1, 0.15) is 0 Å².